The topological polar surface area (TPSA) is 32.3 Å². The summed E-state index contributed by atoms with van der Waals surface area (Å²) in [5.74, 6) is 1.95. The van der Waals surface area contributed by atoms with Crippen LogP contribution in [0, 0.1) is 13.8 Å². The SMILES string of the molecule is Cc1ccc(CNCC2(O)CCSC2)c(C)c1. The van der Waals surface area contributed by atoms with E-state index in [1.54, 1.807) is 0 Å². The highest BCUT2D eigenvalue weighted by Crippen LogP contribution is 2.27. The number of rotatable bonds is 4. The molecule has 0 saturated carbocycles. The van der Waals surface area contributed by atoms with Crippen LogP contribution in [0.4, 0.5) is 0 Å². The van der Waals surface area contributed by atoms with Crippen molar-refractivity contribution in [1.82, 2.24) is 5.32 Å². The molecule has 1 heterocycles. The minimum Gasteiger partial charge on any atom is -0.388 e. The van der Waals surface area contributed by atoms with Gasteiger partial charge in [-0.05, 0) is 37.1 Å². The molecule has 0 radical (unpaired) electrons. The second-order valence-electron chi connectivity index (χ2n) is 5.06. The third-order valence-corrected chi connectivity index (χ3v) is 4.58. The summed E-state index contributed by atoms with van der Waals surface area (Å²) < 4.78 is 0. The first-order chi connectivity index (χ1) is 8.09. The fraction of sp³-hybridized carbons (Fsp3) is 0.571. The Labute approximate surface area is 108 Å². The first-order valence-corrected chi connectivity index (χ1v) is 7.32. The van der Waals surface area contributed by atoms with Crippen LogP contribution in [-0.2, 0) is 6.54 Å². The van der Waals surface area contributed by atoms with Crippen molar-refractivity contribution in [3.05, 3.63) is 34.9 Å². The van der Waals surface area contributed by atoms with Crippen molar-refractivity contribution in [2.45, 2.75) is 32.4 Å². The molecule has 1 aliphatic heterocycles. The van der Waals surface area contributed by atoms with Gasteiger partial charge in [-0.25, -0.2) is 0 Å². The van der Waals surface area contributed by atoms with Crippen LogP contribution in [0.1, 0.15) is 23.1 Å². The largest absolute Gasteiger partial charge is 0.388 e. The van der Waals surface area contributed by atoms with Crippen molar-refractivity contribution in [3.63, 3.8) is 0 Å². The van der Waals surface area contributed by atoms with Gasteiger partial charge in [0.2, 0.25) is 0 Å². The average molecular weight is 251 g/mol. The molecule has 1 aliphatic rings. The molecule has 3 heteroatoms. The van der Waals surface area contributed by atoms with E-state index in [0.29, 0.717) is 6.54 Å². The predicted octanol–water partition coefficient (Wildman–Crippen LogP) is 2.26. The van der Waals surface area contributed by atoms with Crippen LogP contribution in [0.25, 0.3) is 0 Å². The van der Waals surface area contributed by atoms with Crippen molar-refractivity contribution >= 4 is 11.8 Å². The maximum absolute atomic E-state index is 10.2. The number of nitrogens with one attached hydrogen (secondary N) is 1. The lowest BCUT2D eigenvalue weighted by Crippen LogP contribution is -2.40. The van der Waals surface area contributed by atoms with Crippen LogP contribution in [0.5, 0.6) is 0 Å². The Kier molecular flexibility index (Phi) is 4.13. The first-order valence-electron chi connectivity index (χ1n) is 6.16. The molecular formula is C14H21NOS. The van der Waals surface area contributed by atoms with Crippen LogP contribution in [0.3, 0.4) is 0 Å². The molecular weight excluding hydrogens is 230 g/mol. The monoisotopic (exact) mass is 251 g/mol. The summed E-state index contributed by atoms with van der Waals surface area (Å²) in [6, 6.07) is 6.52. The molecule has 0 aromatic heterocycles. The molecule has 0 bridgehead atoms. The second kappa shape index (κ2) is 5.42. The molecule has 0 aliphatic carbocycles. The summed E-state index contributed by atoms with van der Waals surface area (Å²) in [6.07, 6.45) is 0.914. The van der Waals surface area contributed by atoms with E-state index in [1.807, 2.05) is 11.8 Å². The molecule has 94 valence electrons. The lowest BCUT2D eigenvalue weighted by atomic mass is 10.0. The molecule has 1 aromatic carbocycles. The summed E-state index contributed by atoms with van der Waals surface area (Å²) in [5, 5.41) is 13.6. The van der Waals surface area contributed by atoms with Gasteiger partial charge >= 0.3 is 0 Å². The minimum absolute atomic E-state index is 0.483. The maximum Gasteiger partial charge on any atom is 0.0869 e. The molecule has 2 N–H and O–H groups in total. The summed E-state index contributed by atoms with van der Waals surface area (Å²) in [4.78, 5) is 0. The third-order valence-electron chi connectivity index (χ3n) is 3.35. The molecule has 1 unspecified atom stereocenters. The zero-order chi connectivity index (χ0) is 12.3. The van der Waals surface area contributed by atoms with Gasteiger partial charge in [0.1, 0.15) is 0 Å². The highest BCUT2D eigenvalue weighted by molar-refractivity contribution is 7.99. The van der Waals surface area contributed by atoms with Crippen LogP contribution in [0.2, 0.25) is 0 Å². The number of hydrogen-bond acceptors (Lipinski definition) is 3. The van der Waals surface area contributed by atoms with E-state index >= 15 is 0 Å². The molecule has 1 aromatic rings. The van der Waals surface area contributed by atoms with Crippen LogP contribution in [-0.4, -0.2) is 28.8 Å². The molecule has 17 heavy (non-hydrogen) atoms. The lowest BCUT2D eigenvalue weighted by Gasteiger charge is -2.22. The fourth-order valence-electron chi connectivity index (χ4n) is 2.21. The molecule has 2 rings (SSSR count). The number of aliphatic hydroxyl groups is 1. The van der Waals surface area contributed by atoms with E-state index in [0.717, 1.165) is 24.5 Å². The Bertz CT molecular complexity index is 386. The van der Waals surface area contributed by atoms with E-state index in [1.165, 1.54) is 16.7 Å². The number of hydrogen-bond donors (Lipinski definition) is 2. The maximum atomic E-state index is 10.2. The van der Waals surface area contributed by atoms with Crippen LogP contribution >= 0.6 is 11.8 Å². The zero-order valence-electron chi connectivity index (χ0n) is 10.6. The Morgan fingerprint density at radius 2 is 2.24 bits per heavy atom. The highest BCUT2D eigenvalue weighted by Gasteiger charge is 2.30. The number of benzene rings is 1. The summed E-state index contributed by atoms with van der Waals surface area (Å²) >= 11 is 1.84. The van der Waals surface area contributed by atoms with Gasteiger partial charge < -0.3 is 10.4 Å². The standard InChI is InChI=1S/C14H21NOS/c1-11-3-4-13(12(2)7-11)8-15-9-14(16)5-6-17-10-14/h3-4,7,15-16H,5-6,8-10H2,1-2H3. The molecule has 2 nitrogen and oxygen atoms in total. The lowest BCUT2D eigenvalue weighted by molar-refractivity contribution is 0.0674. The van der Waals surface area contributed by atoms with Crippen molar-refractivity contribution in [2.24, 2.45) is 0 Å². The molecule has 1 atom stereocenters. The van der Waals surface area contributed by atoms with Crippen LogP contribution in [0.15, 0.2) is 18.2 Å². The van der Waals surface area contributed by atoms with Gasteiger partial charge in [0.05, 0.1) is 5.60 Å². The van der Waals surface area contributed by atoms with Gasteiger partial charge in [0.25, 0.3) is 0 Å². The quantitative estimate of drug-likeness (QED) is 0.861. The second-order valence-corrected chi connectivity index (χ2v) is 6.17. The summed E-state index contributed by atoms with van der Waals surface area (Å²) in [5.41, 5.74) is 3.47. The molecule has 0 spiro atoms. The number of thioether (sulfide) groups is 1. The van der Waals surface area contributed by atoms with Crippen molar-refractivity contribution in [2.75, 3.05) is 18.1 Å². The predicted molar refractivity (Wildman–Crippen MR) is 74.5 cm³/mol. The van der Waals surface area contributed by atoms with Gasteiger partial charge in [-0.1, -0.05) is 23.8 Å². The summed E-state index contributed by atoms with van der Waals surface area (Å²) in [7, 11) is 0. The smallest absolute Gasteiger partial charge is 0.0869 e. The summed E-state index contributed by atoms with van der Waals surface area (Å²) in [6.45, 7) is 5.80. The van der Waals surface area contributed by atoms with E-state index < -0.39 is 5.60 Å². The number of aryl methyl sites for hydroxylation is 2. The van der Waals surface area contributed by atoms with Crippen molar-refractivity contribution in [1.29, 1.82) is 0 Å². The minimum atomic E-state index is -0.483. The Balaban J connectivity index is 1.85. The van der Waals surface area contributed by atoms with Crippen molar-refractivity contribution in [3.8, 4) is 0 Å². The van der Waals surface area contributed by atoms with E-state index in [-0.39, 0.29) is 0 Å². The van der Waals surface area contributed by atoms with Gasteiger partial charge in [0.15, 0.2) is 0 Å². The molecule has 0 amide bonds. The van der Waals surface area contributed by atoms with Crippen molar-refractivity contribution < 1.29 is 5.11 Å². The zero-order valence-corrected chi connectivity index (χ0v) is 11.4. The Morgan fingerprint density at radius 1 is 1.41 bits per heavy atom. The first kappa shape index (κ1) is 12.9. The van der Waals surface area contributed by atoms with E-state index in [9.17, 15) is 5.11 Å². The average Bonchev–Trinajstić information content (AvgIpc) is 2.69. The van der Waals surface area contributed by atoms with Crippen LogP contribution < -0.4 is 5.32 Å². The van der Waals surface area contributed by atoms with Gasteiger partial charge in [-0.15, -0.1) is 0 Å². The highest BCUT2D eigenvalue weighted by atomic mass is 32.2. The van der Waals surface area contributed by atoms with Gasteiger partial charge in [0, 0.05) is 18.8 Å². The Hall–Kier alpha value is -0.510. The van der Waals surface area contributed by atoms with E-state index in [4.69, 9.17) is 0 Å². The van der Waals surface area contributed by atoms with Gasteiger partial charge in [-0.2, -0.15) is 11.8 Å². The molecule has 1 fully saturated rings. The Morgan fingerprint density at radius 3 is 2.88 bits per heavy atom. The third kappa shape index (κ3) is 3.47. The fourth-order valence-corrected chi connectivity index (χ4v) is 3.50. The van der Waals surface area contributed by atoms with E-state index in [2.05, 4.69) is 37.4 Å². The molecule has 1 saturated heterocycles. The normalized spacial score (nSPS) is 24.2. The van der Waals surface area contributed by atoms with Gasteiger partial charge in [-0.3, -0.25) is 0 Å².